The Bertz CT molecular complexity index is 1280. The molecule has 212 valence electrons. The number of thiazole rings is 1. The van der Waals surface area contributed by atoms with E-state index in [-0.39, 0.29) is 22.3 Å². The maximum absolute atomic E-state index is 12.9. The van der Waals surface area contributed by atoms with E-state index in [0.29, 0.717) is 25.2 Å². The first-order valence-corrected chi connectivity index (χ1v) is 14.0. The number of aryl methyl sites for hydroxylation is 1. The minimum atomic E-state index is -4.54. The number of fused-ring (bicyclic) bond motifs is 1. The summed E-state index contributed by atoms with van der Waals surface area (Å²) >= 11 is 0.810. The molecule has 4 aromatic rings. The van der Waals surface area contributed by atoms with E-state index in [4.69, 9.17) is 0 Å². The number of H-pyrrole nitrogens is 1. The summed E-state index contributed by atoms with van der Waals surface area (Å²) in [5, 5.41) is 14.9. The molecular weight excluding hydrogens is 527 g/mol. The molecule has 0 saturated heterocycles. The zero-order valence-electron chi connectivity index (χ0n) is 23.1. The fourth-order valence-corrected chi connectivity index (χ4v) is 4.39. The third kappa shape index (κ3) is 8.22. The molecule has 1 amide bonds. The van der Waals surface area contributed by atoms with Crippen LogP contribution in [-0.4, -0.2) is 41.9 Å². The number of halogens is 3. The lowest BCUT2D eigenvalue weighted by atomic mass is 10.1. The molecule has 4 heterocycles. The van der Waals surface area contributed by atoms with Crippen molar-refractivity contribution in [2.45, 2.75) is 79.6 Å². The monoisotopic (exact) mass is 563 g/mol. The van der Waals surface area contributed by atoms with Crippen LogP contribution >= 0.6 is 11.3 Å². The number of benzene rings is 1. The molecule has 0 aliphatic carbocycles. The van der Waals surface area contributed by atoms with Crippen LogP contribution in [0.3, 0.4) is 0 Å². The highest BCUT2D eigenvalue weighted by Gasteiger charge is 2.34. The minimum absolute atomic E-state index is 0.0742. The van der Waals surface area contributed by atoms with E-state index in [1.165, 1.54) is 12.6 Å². The van der Waals surface area contributed by atoms with Gasteiger partial charge in [-0.2, -0.15) is 23.4 Å². The SMILES string of the molecule is CC.CC.CCC.O=C(NC1CCn2nc(-c3ccccc3)nc2C1)c1[nH]ncc1-c1nc(C(F)(F)F)cs1. The van der Waals surface area contributed by atoms with Gasteiger partial charge in [0.15, 0.2) is 11.5 Å². The van der Waals surface area contributed by atoms with Gasteiger partial charge >= 0.3 is 6.18 Å². The topological polar surface area (TPSA) is 101 Å². The van der Waals surface area contributed by atoms with Gasteiger partial charge in [0, 0.05) is 30.0 Å². The number of nitrogens with zero attached hydrogens (tertiary/aromatic N) is 5. The first-order valence-electron chi connectivity index (χ1n) is 13.2. The summed E-state index contributed by atoms with van der Waals surface area (Å²) in [4.78, 5) is 21.0. The van der Waals surface area contributed by atoms with Gasteiger partial charge in [-0.3, -0.25) is 9.89 Å². The molecule has 0 radical (unpaired) electrons. The Morgan fingerprint density at radius 1 is 1.13 bits per heavy atom. The molecule has 0 saturated carbocycles. The van der Waals surface area contributed by atoms with Gasteiger partial charge in [0.25, 0.3) is 5.91 Å². The molecule has 0 fully saturated rings. The van der Waals surface area contributed by atoms with Crippen LogP contribution < -0.4 is 5.32 Å². The second kappa shape index (κ2) is 15.2. The van der Waals surface area contributed by atoms with Gasteiger partial charge in [0.05, 0.1) is 11.8 Å². The van der Waals surface area contributed by atoms with Crippen molar-refractivity contribution < 1.29 is 18.0 Å². The molecule has 1 aliphatic heterocycles. The molecule has 3 aromatic heterocycles. The fraction of sp³-hybridized carbons (Fsp3) is 0.444. The molecular formula is C27H36F3N7OS. The Morgan fingerprint density at radius 3 is 2.41 bits per heavy atom. The third-order valence-corrected chi connectivity index (χ3v) is 6.00. The van der Waals surface area contributed by atoms with E-state index in [1.807, 2.05) is 62.7 Å². The number of amides is 1. The Morgan fingerprint density at radius 2 is 1.79 bits per heavy atom. The summed E-state index contributed by atoms with van der Waals surface area (Å²) in [6.07, 6.45) is -0.852. The number of nitrogens with one attached hydrogen (secondary N) is 2. The van der Waals surface area contributed by atoms with E-state index < -0.39 is 17.8 Å². The minimum Gasteiger partial charge on any atom is -0.347 e. The number of carbonyl (C=O) groups is 1. The maximum Gasteiger partial charge on any atom is 0.434 e. The van der Waals surface area contributed by atoms with Crippen molar-refractivity contribution in [1.29, 1.82) is 0 Å². The molecule has 39 heavy (non-hydrogen) atoms. The van der Waals surface area contributed by atoms with Crippen LogP contribution in [0.1, 0.15) is 76.4 Å². The maximum atomic E-state index is 12.9. The van der Waals surface area contributed by atoms with Crippen LogP contribution in [0.15, 0.2) is 41.9 Å². The van der Waals surface area contributed by atoms with Crippen LogP contribution in [0.2, 0.25) is 0 Å². The van der Waals surface area contributed by atoms with Crippen molar-refractivity contribution in [2.24, 2.45) is 0 Å². The van der Waals surface area contributed by atoms with E-state index in [1.54, 1.807) is 0 Å². The van der Waals surface area contributed by atoms with Gasteiger partial charge in [-0.15, -0.1) is 11.3 Å². The molecule has 1 aromatic carbocycles. The number of rotatable bonds is 4. The summed E-state index contributed by atoms with van der Waals surface area (Å²) < 4.78 is 40.4. The van der Waals surface area contributed by atoms with E-state index in [0.717, 1.165) is 28.1 Å². The van der Waals surface area contributed by atoms with E-state index in [2.05, 4.69) is 44.4 Å². The van der Waals surface area contributed by atoms with E-state index >= 15 is 0 Å². The van der Waals surface area contributed by atoms with Gasteiger partial charge in [0.1, 0.15) is 16.5 Å². The van der Waals surface area contributed by atoms with Gasteiger partial charge in [0.2, 0.25) is 0 Å². The zero-order chi connectivity index (χ0) is 29.0. The smallest absolute Gasteiger partial charge is 0.347 e. The van der Waals surface area contributed by atoms with Crippen LogP contribution in [0.5, 0.6) is 0 Å². The predicted molar refractivity (Wildman–Crippen MR) is 148 cm³/mol. The molecule has 8 nitrogen and oxygen atoms in total. The Hall–Kier alpha value is -3.54. The second-order valence-corrected chi connectivity index (χ2v) is 8.86. The van der Waals surface area contributed by atoms with Crippen LogP contribution in [0.25, 0.3) is 22.0 Å². The van der Waals surface area contributed by atoms with Crippen molar-refractivity contribution in [3.05, 3.63) is 59.1 Å². The standard InChI is InChI=1S/C20H16F3N7OS.C3H8.2C2H6/c21-20(22,23)14-10-32-19(26-14)13-9-24-28-16(13)18(31)25-12-6-7-30-15(8-12)27-17(29-30)11-4-2-1-3-5-11;1-3-2;2*1-2/h1-5,9-10,12H,6-8H2,(H,24,28)(H,25,31);3H2,1-2H3;2*1-2H3. The first kappa shape index (κ1) is 31.7. The zero-order valence-corrected chi connectivity index (χ0v) is 24.0. The Balaban J connectivity index is 0.000000700. The van der Waals surface area contributed by atoms with Gasteiger partial charge in [-0.05, 0) is 6.42 Å². The van der Waals surface area contributed by atoms with Gasteiger partial charge < -0.3 is 5.32 Å². The number of hydrogen-bond donors (Lipinski definition) is 2. The highest BCUT2D eigenvalue weighted by molar-refractivity contribution is 7.13. The molecule has 12 heteroatoms. The summed E-state index contributed by atoms with van der Waals surface area (Å²) in [6, 6.07) is 9.43. The predicted octanol–water partition coefficient (Wildman–Crippen LogP) is 7.02. The average Bonchev–Trinajstić information content (AvgIpc) is 3.71. The first-order chi connectivity index (χ1) is 18.8. The lowest BCUT2D eigenvalue weighted by Gasteiger charge is -2.23. The summed E-state index contributed by atoms with van der Waals surface area (Å²) in [6.45, 7) is 12.8. The summed E-state index contributed by atoms with van der Waals surface area (Å²) in [5.74, 6) is 0.940. The van der Waals surface area contributed by atoms with Crippen molar-refractivity contribution in [3.63, 3.8) is 0 Å². The summed E-state index contributed by atoms with van der Waals surface area (Å²) in [7, 11) is 0. The van der Waals surface area contributed by atoms with Gasteiger partial charge in [-0.1, -0.05) is 78.3 Å². The molecule has 0 bridgehead atoms. The molecule has 1 aliphatic rings. The third-order valence-electron chi connectivity index (χ3n) is 5.13. The second-order valence-electron chi connectivity index (χ2n) is 8.01. The van der Waals surface area contributed by atoms with Crippen LogP contribution in [-0.2, 0) is 19.1 Å². The number of carbonyl (C=O) groups excluding carboxylic acids is 1. The molecule has 5 rings (SSSR count). The number of alkyl halides is 3. The van der Waals surface area contributed by atoms with Crippen LogP contribution in [0.4, 0.5) is 13.2 Å². The molecule has 1 atom stereocenters. The van der Waals surface area contributed by atoms with Crippen molar-refractivity contribution >= 4 is 17.2 Å². The van der Waals surface area contributed by atoms with Crippen molar-refractivity contribution in [1.82, 2.24) is 35.3 Å². The number of aromatic nitrogens is 6. The van der Waals surface area contributed by atoms with Crippen molar-refractivity contribution in [3.8, 4) is 22.0 Å². The van der Waals surface area contributed by atoms with E-state index in [9.17, 15) is 18.0 Å². The lowest BCUT2D eigenvalue weighted by molar-refractivity contribution is -0.140. The Labute approximate surface area is 231 Å². The van der Waals surface area contributed by atoms with Crippen molar-refractivity contribution in [2.75, 3.05) is 0 Å². The number of hydrogen-bond acceptors (Lipinski definition) is 6. The quantitative estimate of drug-likeness (QED) is 0.278. The highest BCUT2D eigenvalue weighted by Crippen LogP contribution is 2.34. The Kier molecular flexibility index (Phi) is 12.3. The van der Waals surface area contributed by atoms with Crippen LogP contribution in [0, 0.1) is 0 Å². The molecule has 1 unspecified atom stereocenters. The summed E-state index contributed by atoms with van der Waals surface area (Å²) in [5.41, 5.74) is 0.225. The normalized spacial score (nSPS) is 13.9. The van der Waals surface area contributed by atoms with Gasteiger partial charge in [-0.25, -0.2) is 14.6 Å². The largest absolute Gasteiger partial charge is 0.434 e. The highest BCUT2D eigenvalue weighted by atomic mass is 32.1. The lowest BCUT2D eigenvalue weighted by Crippen LogP contribution is -2.40. The molecule has 0 spiro atoms. The fourth-order valence-electron chi connectivity index (χ4n) is 3.54. The molecule has 2 N–H and O–H groups in total. The number of aromatic amines is 1. The average molecular weight is 564 g/mol.